The number of hydrogen-bond acceptors (Lipinski definition) is 3. The van der Waals surface area contributed by atoms with Crippen LogP contribution in [0.15, 0.2) is 72.9 Å². The number of carbonyl (C=O) groups is 2. The quantitative estimate of drug-likeness (QED) is 0.278. The lowest BCUT2D eigenvalue weighted by molar-refractivity contribution is -0.137. The first-order valence-electron chi connectivity index (χ1n) is 11.7. The molecule has 0 radical (unpaired) electrons. The van der Waals surface area contributed by atoms with E-state index >= 15 is 0 Å². The molecule has 0 bridgehead atoms. The van der Waals surface area contributed by atoms with Crippen LogP contribution in [-0.4, -0.2) is 28.3 Å². The fraction of sp³-hybridized carbons (Fsp3) is 0.214. The Balaban J connectivity index is 1.36. The zero-order valence-electron chi connectivity index (χ0n) is 19.5. The molecule has 0 aliphatic carbocycles. The van der Waals surface area contributed by atoms with Crippen molar-refractivity contribution < 1.29 is 27.9 Å². The van der Waals surface area contributed by atoms with Crippen LogP contribution in [0.4, 0.5) is 18.9 Å². The molecule has 5 rings (SSSR count). The van der Waals surface area contributed by atoms with E-state index in [0.717, 1.165) is 34.7 Å². The van der Waals surface area contributed by atoms with Gasteiger partial charge in [-0.3, -0.25) is 9.59 Å². The number of halogens is 4. The molecule has 1 unspecified atom stereocenters. The second-order valence-electron chi connectivity index (χ2n) is 9.12. The van der Waals surface area contributed by atoms with Crippen molar-refractivity contribution in [2.45, 2.75) is 31.0 Å². The second kappa shape index (κ2) is 9.36. The molecule has 0 fully saturated rings. The number of aryl methyl sites for hydroxylation is 1. The predicted molar refractivity (Wildman–Crippen MR) is 135 cm³/mol. The maximum atomic E-state index is 13.4. The average Bonchev–Trinajstić information content (AvgIpc) is 3.36. The zero-order chi connectivity index (χ0) is 26.4. The summed E-state index contributed by atoms with van der Waals surface area (Å²) in [6.45, 7) is 0.281. The molecule has 0 saturated heterocycles. The van der Waals surface area contributed by atoms with Gasteiger partial charge in [-0.2, -0.15) is 13.2 Å². The van der Waals surface area contributed by atoms with Crippen molar-refractivity contribution in [1.29, 1.82) is 0 Å². The highest BCUT2D eigenvalue weighted by Crippen LogP contribution is 2.43. The van der Waals surface area contributed by atoms with Crippen molar-refractivity contribution in [3.05, 3.63) is 100 Å². The maximum Gasteiger partial charge on any atom is 0.416 e. The van der Waals surface area contributed by atoms with Gasteiger partial charge in [-0.1, -0.05) is 41.9 Å². The smallest absolute Gasteiger partial charge is 0.375 e. The minimum Gasteiger partial charge on any atom is -0.375 e. The monoisotopic (exact) mass is 526 g/mol. The van der Waals surface area contributed by atoms with Gasteiger partial charge in [-0.25, -0.2) is 0 Å². The second-order valence-corrected chi connectivity index (χ2v) is 9.56. The van der Waals surface area contributed by atoms with Gasteiger partial charge in [-0.15, -0.1) is 0 Å². The van der Waals surface area contributed by atoms with Crippen LogP contribution in [0.5, 0.6) is 0 Å². The van der Waals surface area contributed by atoms with Gasteiger partial charge in [0.15, 0.2) is 11.4 Å². The van der Waals surface area contributed by atoms with Gasteiger partial charge >= 0.3 is 6.18 Å². The van der Waals surface area contributed by atoms with Gasteiger partial charge in [0.2, 0.25) is 0 Å². The fourth-order valence-corrected chi connectivity index (χ4v) is 5.06. The molecule has 5 nitrogen and oxygen atoms in total. The number of rotatable bonds is 7. The van der Waals surface area contributed by atoms with Crippen LogP contribution in [0.3, 0.4) is 0 Å². The topological polar surface area (TPSA) is 73.4 Å². The van der Waals surface area contributed by atoms with E-state index in [1.54, 1.807) is 30.3 Å². The maximum absolute atomic E-state index is 13.4. The number of carbonyl (C=O) groups excluding carboxylic acids is 2. The van der Waals surface area contributed by atoms with Gasteiger partial charge in [0.1, 0.15) is 0 Å². The summed E-state index contributed by atoms with van der Waals surface area (Å²) in [5.41, 5.74) is -0.630. The molecule has 1 aliphatic rings. The highest BCUT2D eigenvalue weighted by atomic mass is 35.5. The van der Waals surface area contributed by atoms with Crippen molar-refractivity contribution in [3.8, 4) is 0 Å². The van der Waals surface area contributed by atoms with E-state index in [1.165, 1.54) is 11.0 Å². The Morgan fingerprint density at radius 3 is 2.62 bits per heavy atom. The highest BCUT2D eigenvalue weighted by Gasteiger charge is 2.50. The number of amides is 1. The number of H-pyrrole nitrogens is 1. The van der Waals surface area contributed by atoms with Gasteiger partial charge in [0.05, 0.1) is 17.7 Å². The molecule has 190 valence electrons. The number of benzene rings is 3. The van der Waals surface area contributed by atoms with Crippen LogP contribution in [-0.2, 0) is 23.0 Å². The van der Waals surface area contributed by atoms with E-state index in [2.05, 4.69) is 4.98 Å². The van der Waals surface area contributed by atoms with Crippen LogP contribution in [0, 0.1) is 0 Å². The first-order chi connectivity index (χ1) is 17.6. The van der Waals surface area contributed by atoms with Gasteiger partial charge in [0.25, 0.3) is 5.91 Å². The van der Waals surface area contributed by atoms with Gasteiger partial charge in [0, 0.05) is 39.8 Å². The molecular formula is C28H22ClF3N2O3. The number of alkyl halides is 3. The van der Waals surface area contributed by atoms with Crippen molar-refractivity contribution in [2.24, 2.45) is 0 Å². The average molecular weight is 527 g/mol. The van der Waals surface area contributed by atoms with Gasteiger partial charge < -0.3 is 15.0 Å². The molecule has 2 heterocycles. The van der Waals surface area contributed by atoms with E-state index in [0.29, 0.717) is 23.6 Å². The number of aromatic amines is 1. The normalized spacial score (nSPS) is 17.4. The molecule has 1 aromatic heterocycles. The van der Waals surface area contributed by atoms with Crippen LogP contribution < -0.4 is 4.90 Å². The number of anilines is 1. The van der Waals surface area contributed by atoms with E-state index < -0.39 is 35.5 Å². The predicted octanol–water partition coefficient (Wildman–Crippen LogP) is 6.28. The number of nitrogens with one attached hydrogen (secondary N) is 1. The Morgan fingerprint density at radius 2 is 1.84 bits per heavy atom. The third-order valence-electron chi connectivity index (χ3n) is 6.72. The number of fused-ring (bicyclic) bond motifs is 2. The molecular weight excluding hydrogens is 505 g/mol. The largest absolute Gasteiger partial charge is 0.416 e. The summed E-state index contributed by atoms with van der Waals surface area (Å²) in [6.07, 6.45) is -2.19. The Kier molecular flexibility index (Phi) is 6.33. The molecule has 0 spiro atoms. The minimum atomic E-state index is -4.62. The van der Waals surface area contributed by atoms with Crippen molar-refractivity contribution in [2.75, 3.05) is 11.4 Å². The summed E-state index contributed by atoms with van der Waals surface area (Å²) in [4.78, 5) is 31.0. The third-order valence-corrected chi connectivity index (χ3v) is 6.96. The Morgan fingerprint density at radius 1 is 1.05 bits per heavy atom. The van der Waals surface area contributed by atoms with Crippen LogP contribution >= 0.6 is 11.6 Å². The number of aromatic nitrogens is 1. The summed E-state index contributed by atoms with van der Waals surface area (Å²) in [7, 11) is 0. The molecule has 1 aliphatic heterocycles. The van der Waals surface area contributed by atoms with Gasteiger partial charge in [-0.05, 0) is 54.8 Å². The molecule has 2 N–H and O–H groups in total. The van der Waals surface area contributed by atoms with E-state index in [1.807, 2.05) is 18.3 Å². The number of Topliss-reactive ketones (excluding diaryl/α,β-unsaturated/α-hetero) is 1. The van der Waals surface area contributed by atoms with E-state index in [4.69, 9.17) is 11.6 Å². The number of para-hydroxylation sites is 1. The molecule has 37 heavy (non-hydrogen) atoms. The molecule has 1 atom stereocenters. The van der Waals surface area contributed by atoms with Crippen molar-refractivity contribution in [3.63, 3.8) is 0 Å². The van der Waals surface area contributed by atoms with Crippen molar-refractivity contribution >= 4 is 39.9 Å². The Bertz CT molecular complexity index is 1510. The van der Waals surface area contributed by atoms with Crippen LogP contribution in [0.1, 0.15) is 39.9 Å². The fourth-order valence-electron chi connectivity index (χ4n) is 4.89. The number of hydrogen-bond donors (Lipinski definition) is 2. The lowest BCUT2D eigenvalue weighted by Crippen LogP contribution is -2.42. The molecule has 1 amide bonds. The number of ketones is 1. The Labute approximate surface area is 215 Å². The first-order valence-corrected chi connectivity index (χ1v) is 12.1. The Hall–Kier alpha value is -3.62. The highest BCUT2D eigenvalue weighted by molar-refractivity contribution is 6.31. The van der Waals surface area contributed by atoms with Crippen molar-refractivity contribution in [1.82, 2.24) is 4.98 Å². The summed E-state index contributed by atoms with van der Waals surface area (Å²) in [5, 5.41) is 13.1. The molecule has 4 aromatic rings. The first kappa shape index (κ1) is 25.0. The van der Waals surface area contributed by atoms with E-state index in [-0.39, 0.29) is 17.7 Å². The number of nitrogens with zero attached hydrogens (tertiary/aromatic N) is 1. The van der Waals surface area contributed by atoms with E-state index in [9.17, 15) is 27.9 Å². The summed E-state index contributed by atoms with van der Waals surface area (Å²) >= 11 is 6.13. The minimum absolute atomic E-state index is 0.218. The SMILES string of the molecule is O=C(CC1(O)C(=O)N(CCCc2c[nH]c3ccc(Cl)cc23)c2ccccc21)c1cccc(C(F)(F)F)c1. The summed E-state index contributed by atoms with van der Waals surface area (Å²) in [5.74, 6) is -1.43. The molecule has 3 aromatic carbocycles. The lowest BCUT2D eigenvalue weighted by Gasteiger charge is -2.23. The summed E-state index contributed by atoms with van der Waals surface area (Å²) in [6, 6.07) is 16.2. The van der Waals surface area contributed by atoms with Crippen LogP contribution in [0.2, 0.25) is 5.02 Å². The zero-order valence-corrected chi connectivity index (χ0v) is 20.2. The molecule has 9 heteroatoms. The molecule has 0 saturated carbocycles. The summed E-state index contributed by atoms with van der Waals surface area (Å²) < 4.78 is 39.4. The number of aliphatic hydroxyl groups is 1. The third kappa shape index (κ3) is 4.63. The van der Waals surface area contributed by atoms with Crippen LogP contribution in [0.25, 0.3) is 10.9 Å². The lowest BCUT2D eigenvalue weighted by atomic mass is 9.88. The standard InChI is InChI=1S/C28H22ClF3N2O3/c29-20-10-11-23-21(14-20)18(16-33-23)6-4-12-34-24-9-2-1-8-22(24)27(37,26(34)36)15-25(35)17-5-3-7-19(13-17)28(30,31)32/h1-3,5,7-11,13-14,16,33,37H,4,6,12,15H2.